The summed E-state index contributed by atoms with van der Waals surface area (Å²) in [6.45, 7) is 4.38. The number of aryl methyl sites for hydroxylation is 2. The van der Waals surface area contributed by atoms with Gasteiger partial charge in [0.15, 0.2) is 0 Å². The summed E-state index contributed by atoms with van der Waals surface area (Å²) in [5.74, 6) is 0. The van der Waals surface area contributed by atoms with Crippen LogP contribution in [0.2, 0.25) is 0 Å². The van der Waals surface area contributed by atoms with Gasteiger partial charge in [0.25, 0.3) is 0 Å². The summed E-state index contributed by atoms with van der Waals surface area (Å²) in [4.78, 5) is 0. The lowest BCUT2D eigenvalue weighted by Gasteiger charge is -2.13. The summed E-state index contributed by atoms with van der Waals surface area (Å²) in [5, 5.41) is 2.57. The molecule has 22 heavy (non-hydrogen) atoms. The second-order valence-corrected chi connectivity index (χ2v) is 7.15. The molecule has 0 saturated carbocycles. The van der Waals surface area contributed by atoms with Crippen LogP contribution in [-0.2, 0) is 12.8 Å². The molecule has 0 aliphatic carbocycles. The molecule has 0 aliphatic rings. The molecule has 0 unspecified atom stereocenters. The van der Waals surface area contributed by atoms with Crippen molar-refractivity contribution in [3.8, 4) is 11.1 Å². The van der Waals surface area contributed by atoms with Gasteiger partial charge in [-0.1, -0.05) is 56.3 Å². The van der Waals surface area contributed by atoms with E-state index < -0.39 is 0 Å². The van der Waals surface area contributed by atoms with Crippen molar-refractivity contribution >= 4 is 42.6 Å². The maximum Gasteiger partial charge on any atom is 0.0402 e. The quantitative estimate of drug-likeness (QED) is 0.424. The molecule has 0 fully saturated rings. The van der Waals surface area contributed by atoms with E-state index in [1.165, 1.54) is 33.0 Å². The van der Waals surface area contributed by atoms with Crippen molar-refractivity contribution in [1.82, 2.24) is 0 Å². The van der Waals surface area contributed by atoms with Crippen LogP contribution in [0.25, 0.3) is 21.9 Å². The highest BCUT2D eigenvalue weighted by Gasteiger charge is 2.12. The number of benzene rings is 3. The van der Waals surface area contributed by atoms with E-state index in [0.29, 0.717) is 0 Å². The number of hydrogen-bond donors (Lipinski definition) is 0. The SMILES string of the molecule is CCc1ccc(-c2c(Br)c(Br)cc3cc(CC)ccc23)cc1. The molecule has 0 spiro atoms. The molecule has 0 amide bonds. The van der Waals surface area contributed by atoms with Crippen LogP contribution in [0.5, 0.6) is 0 Å². The van der Waals surface area contributed by atoms with E-state index in [9.17, 15) is 0 Å². The van der Waals surface area contributed by atoms with Crippen LogP contribution in [0.4, 0.5) is 0 Å². The highest BCUT2D eigenvalue weighted by molar-refractivity contribution is 9.13. The summed E-state index contributed by atoms with van der Waals surface area (Å²) < 4.78 is 2.22. The fourth-order valence-corrected chi connectivity index (χ4v) is 3.81. The Balaban J connectivity index is 2.28. The van der Waals surface area contributed by atoms with Crippen LogP contribution < -0.4 is 0 Å². The Hall–Kier alpha value is -1.12. The van der Waals surface area contributed by atoms with Gasteiger partial charge in [-0.25, -0.2) is 0 Å². The number of halogens is 2. The molecule has 0 bridgehead atoms. The van der Waals surface area contributed by atoms with Crippen LogP contribution in [0.1, 0.15) is 25.0 Å². The summed E-state index contributed by atoms with van der Waals surface area (Å²) in [6, 6.07) is 17.8. The minimum atomic E-state index is 1.06. The maximum atomic E-state index is 3.76. The van der Waals surface area contributed by atoms with Crippen LogP contribution >= 0.6 is 31.9 Å². The normalized spacial score (nSPS) is 11.1. The van der Waals surface area contributed by atoms with Gasteiger partial charge in [0.2, 0.25) is 0 Å². The van der Waals surface area contributed by atoms with E-state index >= 15 is 0 Å². The van der Waals surface area contributed by atoms with Crippen molar-refractivity contribution in [2.24, 2.45) is 0 Å². The first-order chi connectivity index (χ1) is 10.6. The largest absolute Gasteiger partial charge is 0.0613 e. The summed E-state index contributed by atoms with van der Waals surface area (Å²) in [7, 11) is 0. The van der Waals surface area contributed by atoms with Crippen molar-refractivity contribution in [3.05, 3.63) is 68.6 Å². The van der Waals surface area contributed by atoms with Gasteiger partial charge in [-0.05, 0) is 78.2 Å². The lowest BCUT2D eigenvalue weighted by atomic mass is 9.95. The van der Waals surface area contributed by atoms with E-state index in [4.69, 9.17) is 0 Å². The Labute approximate surface area is 148 Å². The molecular formula is C20H18Br2. The van der Waals surface area contributed by atoms with E-state index in [1.807, 2.05) is 0 Å². The molecule has 0 radical (unpaired) electrons. The topological polar surface area (TPSA) is 0 Å². The van der Waals surface area contributed by atoms with Crippen LogP contribution in [0.3, 0.4) is 0 Å². The van der Waals surface area contributed by atoms with Gasteiger partial charge in [-0.3, -0.25) is 0 Å². The zero-order valence-corrected chi connectivity index (χ0v) is 16.0. The minimum absolute atomic E-state index is 1.06. The van der Waals surface area contributed by atoms with Gasteiger partial charge in [-0.2, -0.15) is 0 Å². The second kappa shape index (κ2) is 6.55. The standard InChI is InChI=1S/C20H18Br2/c1-3-13-5-8-15(9-6-13)19-17-10-7-14(4-2)11-16(17)12-18(21)20(19)22/h5-12H,3-4H2,1-2H3. The summed E-state index contributed by atoms with van der Waals surface area (Å²) in [5.41, 5.74) is 5.25. The van der Waals surface area contributed by atoms with Gasteiger partial charge in [-0.15, -0.1) is 0 Å². The van der Waals surface area contributed by atoms with E-state index in [2.05, 4.69) is 94.2 Å². The molecule has 3 aromatic rings. The average Bonchev–Trinajstić information content (AvgIpc) is 2.56. The monoisotopic (exact) mass is 416 g/mol. The third-order valence-electron chi connectivity index (χ3n) is 4.16. The minimum Gasteiger partial charge on any atom is -0.0613 e. The van der Waals surface area contributed by atoms with Gasteiger partial charge in [0.1, 0.15) is 0 Å². The van der Waals surface area contributed by atoms with Crippen LogP contribution in [0, 0.1) is 0 Å². The van der Waals surface area contributed by atoms with Gasteiger partial charge in [0, 0.05) is 14.5 Å². The van der Waals surface area contributed by atoms with Gasteiger partial charge >= 0.3 is 0 Å². The lowest BCUT2D eigenvalue weighted by molar-refractivity contribution is 1.14. The predicted molar refractivity (Wildman–Crippen MR) is 104 cm³/mol. The molecular weight excluding hydrogens is 400 g/mol. The van der Waals surface area contributed by atoms with Crippen molar-refractivity contribution in [2.45, 2.75) is 26.7 Å². The third kappa shape index (κ3) is 2.87. The first-order valence-electron chi connectivity index (χ1n) is 7.64. The van der Waals surface area contributed by atoms with Crippen molar-refractivity contribution in [3.63, 3.8) is 0 Å². The first-order valence-corrected chi connectivity index (χ1v) is 9.22. The average molecular weight is 418 g/mol. The molecule has 0 saturated heterocycles. The molecule has 0 atom stereocenters. The van der Waals surface area contributed by atoms with Crippen LogP contribution in [0.15, 0.2) is 57.5 Å². The highest BCUT2D eigenvalue weighted by atomic mass is 79.9. The highest BCUT2D eigenvalue weighted by Crippen LogP contribution is 2.40. The number of rotatable bonds is 3. The molecule has 0 nitrogen and oxygen atoms in total. The molecule has 3 rings (SSSR count). The van der Waals surface area contributed by atoms with E-state index in [-0.39, 0.29) is 0 Å². The van der Waals surface area contributed by atoms with Crippen LogP contribution in [-0.4, -0.2) is 0 Å². The summed E-state index contributed by atoms with van der Waals surface area (Å²) in [6.07, 6.45) is 2.13. The molecule has 0 heterocycles. The van der Waals surface area contributed by atoms with E-state index in [0.717, 1.165) is 21.8 Å². The fourth-order valence-electron chi connectivity index (χ4n) is 2.81. The van der Waals surface area contributed by atoms with Crippen molar-refractivity contribution in [1.29, 1.82) is 0 Å². The molecule has 0 N–H and O–H groups in total. The molecule has 2 heteroatoms. The second-order valence-electron chi connectivity index (χ2n) is 5.51. The molecule has 3 aromatic carbocycles. The lowest BCUT2D eigenvalue weighted by Crippen LogP contribution is -1.88. The summed E-state index contributed by atoms with van der Waals surface area (Å²) >= 11 is 7.45. The molecule has 0 aliphatic heterocycles. The predicted octanol–water partition coefficient (Wildman–Crippen LogP) is 7.16. The molecule has 112 valence electrons. The number of hydrogen-bond acceptors (Lipinski definition) is 0. The Bertz CT molecular complexity index is 817. The Morgan fingerprint density at radius 1 is 0.773 bits per heavy atom. The van der Waals surface area contributed by atoms with Gasteiger partial charge in [0.05, 0.1) is 0 Å². The number of fused-ring (bicyclic) bond motifs is 1. The third-order valence-corrected chi connectivity index (χ3v) is 6.14. The zero-order chi connectivity index (χ0) is 15.7. The van der Waals surface area contributed by atoms with Crippen molar-refractivity contribution < 1.29 is 0 Å². The maximum absolute atomic E-state index is 3.76. The first kappa shape index (κ1) is 15.8. The fraction of sp³-hybridized carbons (Fsp3) is 0.200. The van der Waals surface area contributed by atoms with Gasteiger partial charge < -0.3 is 0 Å². The zero-order valence-electron chi connectivity index (χ0n) is 12.8. The Kier molecular flexibility index (Phi) is 4.70. The van der Waals surface area contributed by atoms with E-state index in [1.54, 1.807) is 0 Å². The Morgan fingerprint density at radius 2 is 1.41 bits per heavy atom. The van der Waals surface area contributed by atoms with Crippen molar-refractivity contribution in [2.75, 3.05) is 0 Å². The Morgan fingerprint density at radius 3 is 2.05 bits per heavy atom. The smallest absolute Gasteiger partial charge is 0.0402 e. The molecule has 0 aromatic heterocycles.